The molecule has 0 aliphatic carbocycles. The molecule has 0 aliphatic rings. The fourth-order valence-electron chi connectivity index (χ4n) is 2.85. The van der Waals surface area contributed by atoms with Crippen LogP contribution < -0.4 is 0 Å². The van der Waals surface area contributed by atoms with Crippen LogP contribution in [0.1, 0.15) is 90.4 Å². The minimum absolute atomic E-state index is 0.00719. The Balaban J connectivity index is 3.91. The third-order valence-electron chi connectivity index (χ3n) is 4.44. The van der Waals surface area contributed by atoms with Crippen LogP contribution in [0.25, 0.3) is 0 Å². The van der Waals surface area contributed by atoms with Crippen LogP contribution in [0.5, 0.6) is 0 Å². The molecule has 0 fully saturated rings. The van der Waals surface area contributed by atoms with Crippen molar-refractivity contribution in [3.8, 4) is 0 Å². The number of hydrogen-bond donors (Lipinski definition) is 3. The number of aliphatic carboxylic acids is 2. The molecule has 158 valence electrons. The highest BCUT2D eigenvalue weighted by Gasteiger charge is 2.20. The molecule has 6 heteroatoms. The number of thioether (sulfide) groups is 1. The minimum atomic E-state index is -1.05. The van der Waals surface area contributed by atoms with Crippen molar-refractivity contribution >= 4 is 23.7 Å². The Morgan fingerprint density at radius 3 is 1.96 bits per heavy atom. The average molecular weight is 403 g/mol. The number of aliphatic hydroxyl groups excluding tert-OH is 1. The highest BCUT2D eigenvalue weighted by Crippen LogP contribution is 2.20. The molecule has 0 amide bonds. The Morgan fingerprint density at radius 2 is 1.44 bits per heavy atom. The zero-order valence-electron chi connectivity index (χ0n) is 16.8. The minimum Gasteiger partial charge on any atom is -0.481 e. The maximum atomic E-state index is 10.8. The second kappa shape index (κ2) is 18.4. The van der Waals surface area contributed by atoms with Gasteiger partial charge in [-0.3, -0.25) is 9.59 Å². The van der Waals surface area contributed by atoms with Gasteiger partial charge in [-0.15, -0.1) is 0 Å². The van der Waals surface area contributed by atoms with Crippen molar-refractivity contribution in [1.82, 2.24) is 0 Å². The van der Waals surface area contributed by atoms with Gasteiger partial charge in [0.2, 0.25) is 0 Å². The molecule has 0 rings (SSSR count). The molecule has 0 heterocycles. The molecule has 0 saturated heterocycles. The molecule has 0 saturated carbocycles. The first-order valence-corrected chi connectivity index (χ1v) is 11.4. The zero-order valence-corrected chi connectivity index (χ0v) is 17.6. The summed E-state index contributed by atoms with van der Waals surface area (Å²) in [4.78, 5) is 21.4. The molecular weight excluding hydrogens is 364 g/mol. The molecule has 0 aromatic heterocycles. The Hall–Kier alpha value is -1.01. The number of rotatable bonds is 19. The first kappa shape index (κ1) is 26.0. The summed E-state index contributed by atoms with van der Waals surface area (Å²) in [5.74, 6) is -1.57. The highest BCUT2D eigenvalue weighted by atomic mass is 32.2. The van der Waals surface area contributed by atoms with Gasteiger partial charge in [0.25, 0.3) is 0 Å². The van der Waals surface area contributed by atoms with Crippen LogP contribution in [0, 0.1) is 0 Å². The van der Waals surface area contributed by atoms with E-state index in [1.54, 1.807) is 0 Å². The van der Waals surface area contributed by atoms with Gasteiger partial charge < -0.3 is 15.3 Å². The summed E-state index contributed by atoms with van der Waals surface area (Å²) in [6, 6.07) is 0. The summed E-state index contributed by atoms with van der Waals surface area (Å²) >= 11 is 1.30. The largest absolute Gasteiger partial charge is 0.481 e. The zero-order chi connectivity index (χ0) is 20.3. The molecule has 0 radical (unpaired) electrons. The summed E-state index contributed by atoms with van der Waals surface area (Å²) in [5.41, 5.74) is 0. The summed E-state index contributed by atoms with van der Waals surface area (Å²) in [5, 5.41) is 27.2. The van der Waals surface area contributed by atoms with Crippen LogP contribution in [0.15, 0.2) is 12.2 Å². The third-order valence-corrected chi connectivity index (χ3v) is 5.74. The average Bonchev–Trinajstić information content (AvgIpc) is 2.60. The van der Waals surface area contributed by atoms with Gasteiger partial charge in [-0.1, -0.05) is 76.9 Å². The second-order valence-electron chi connectivity index (χ2n) is 7.04. The van der Waals surface area contributed by atoms with E-state index in [9.17, 15) is 14.7 Å². The quantitative estimate of drug-likeness (QED) is 0.201. The summed E-state index contributed by atoms with van der Waals surface area (Å²) < 4.78 is 0. The van der Waals surface area contributed by atoms with E-state index in [-0.39, 0.29) is 18.1 Å². The number of carboxylic acids is 2. The molecule has 0 aromatic carbocycles. The van der Waals surface area contributed by atoms with Crippen molar-refractivity contribution in [3.05, 3.63) is 12.2 Å². The fourth-order valence-corrected chi connectivity index (χ4v) is 3.96. The Kier molecular flexibility index (Phi) is 17.7. The van der Waals surface area contributed by atoms with Crippen molar-refractivity contribution in [2.75, 3.05) is 5.75 Å². The topological polar surface area (TPSA) is 94.8 Å². The van der Waals surface area contributed by atoms with E-state index in [1.165, 1.54) is 69.5 Å². The number of allylic oxidation sites excluding steroid dienone is 1. The Labute approximate surface area is 168 Å². The second-order valence-corrected chi connectivity index (χ2v) is 8.33. The van der Waals surface area contributed by atoms with Gasteiger partial charge in [0.1, 0.15) is 0 Å². The maximum absolute atomic E-state index is 10.8. The SMILES string of the molecule is CCCCCCCCCCCCC=CC(SCCC(=O)O)C(O)CC(=O)O. The third kappa shape index (κ3) is 18.1. The molecule has 0 spiro atoms. The molecule has 5 nitrogen and oxygen atoms in total. The van der Waals surface area contributed by atoms with Crippen LogP contribution in [-0.2, 0) is 9.59 Å². The van der Waals surface area contributed by atoms with E-state index in [2.05, 4.69) is 6.92 Å². The lowest BCUT2D eigenvalue weighted by Gasteiger charge is -2.17. The van der Waals surface area contributed by atoms with E-state index < -0.39 is 18.0 Å². The van der Waals surface area contributed by atoms with E-state index >= 15 is 0 Å². The van der Waals surface area contributed by atoms with Gasteiger partial charge in [-0.25, -0.2) is 0 Å². The molecule has 3 N–H and O–H groups in total. The molecule has 2 unspecified atom stereocenters. The van der Waals surface area contributed by atoms with E-state index in [4.69, 9.17) is 10.2 Å². The standard InChI is InChI=1S/C21H38O5S/c1-2-3-4-5-6-7-8-9-10-11-12-13-14-19(18(22)17-21(25)26)27-16-15-20(23)24/h13-14,18-19,22H,2-12,15-17H2,1H3,(H,23,24)(H,25,26). The van der Waals surface area contributed by atoms with Crippen LogP contribution in [0.3, 0.4) is 0 Å². The number of carboxylic acid groups (broad SMARTS) is 2. The molecular formula is C21H38O5S. The Morgan fingerprint density at radius 1 is 0.889 bits per heavy atom. The lowest BCUT2D eigenvalue weighted by molar-refractivity contribution is -0.139. The molecule has 2 atom stereocenters. The van der Waals surface area contributed by atoms with Crippen molar-refractivity contribution in [1.29, 1.82) is 0 Å². The number of hydrogen-bond acceptors (Lipinski definition) is 4. The number of carbonyl (C=O) groups is 2. The van der Waals surface area contributed by atoms with E-state index in [0.717, 1.165) is 12.8 Å². The van der Waals surface area contributed by atoms with Gasteiger partial charge in [0.05, 0.1) is 18.9 Å². The van der Waals surface area contributed by atoms with Gasteiger partial charge in [-0.05, 0) is 12.8 Å². The first-order valence-electron chi connectivity index (χ1n) is 10.4. The summed E-state index contributed by atoms with van der Waals surface area (Å²) in [6.45, 7) is 2.23. The molecule has 0 bridgehead atoms. The number of unbranched alkanes of at least 4 members (excludes halogenated alkanes) is 10. The van der Waals surface area contributed by atoms with Gasteiger partial charge in [-0.2, -0.15) is 11.8 Å². The van der Waals surface area contributed by atoms with Crippen molar-refractivity contribution in [3.63, 3.8) is 0 Å². The van der Waals surface area contributed by atoms with Gasteiger partial charge >= 0.3 is 11.9 Å². The van der Waals surface area contributed by atoms with Crippen LogP contribution >= 0.6 is 11.8 Å². The molecule has 0 aromatic rings. The maximum Gasteiger partial charge on any atom is 0.306 e. The lowest BCUT2D eigenvalue weighted by atomic mass is 10.1. The first-order chi connectivity index (χ1) is 13.0. The van der Waals surface area contributed by atoms with Crippen molar-refractivity contribution < 1.29 is 24.9 Å². The van der Waals surface area contributed by atoms with Crippen LogP contribution in [0.2, 0.25) is 0 Å². The highest BCUT2D eigenvalue weighted by molar-refractivity contribution is 8.00. The van der Waals surface area contributed by atoms with Gasteiger partial charge in [0, 0.05) is 11.0 Å². The van der Waals surface area contributed by atoms with E-state index in [0.29, 0.717) is 5.75 Å². The van der Waals surface area contributed by atoms with Crippen LogP contribution in [0.4, 0.5) is 0 Å². The van der Waals surface area contributed by atoms with Crippen molar-refractivity contribution in [2.45, 2.75) is 102 Å². The molecule has 0 aliphatic heterocycles. The normalized spacial score (nSPS) is 13.7. The van der Waals surface area contributed by atoms with E-state index in [1.807, 2.05) is 12.2 Å². The predicted octanol–water partition coefficient (Wildman–Crippen LogP) is 5.27. The summed E-state index contributed by atoms with van der Waals surface area (Å²) in [7, 11) is 0. The van der Waals surface area contributed by atoms with Crippen molar-refractivity contribution in [2.24, 2.45) is 0 Å². The lowest BCUT2D eigenvalue weighted by Crippen LogP contribution is -2.25. The smallest absolute Gasteiger partial charge is 0.306 e. The van der Waals surface area contributed by atoms with Crippen LogP contribution in [-0.4, -0.2) is 44.4 Å². The molecule has 27 heavy (non-hydrogen) atoms. The monoisotopic (exact) mass is 402 g/mol. The summed E-state index contributed by atoms with van der Waals surface area (Å²) in [6.07, 6.45) is 16.3. The fraction of sp³-hybridized carbons (Fsp3) is 0.810. The van der Waals surface area contributed by atoms with Gasteiger partial charge in [0.15, 0.2) is 0 Å². The number of aliphatic hydroxyl groups is 1. The predicted molar refractivity (Wildman–Crippen MR) is 112 cm³/mol. The Bertz CT molecular complexity index is 411.